The van der Waals surface area contributed by atoms with E-state index in [2.05, 4.69) is 10.6 Å². The second-order valence-electron chi connectivity index (χ2n) is 6.17. The largest absolute Gasteiger partial charge is 0.352 e. The molecule has 2 rings (SSSR count). The quantitative estimate of drug-likeness (QED) is 0.735. The van der Waals surface area contributed by atoms with Gasteiger partial charge < -0.3 is 21.3 Å². The lowest BCUT2D eigenvalue weighted by Crippen LogP contribution is -2.38. The van der Waals surface area contributed by atoms with Gasteiger partial charge in [0.2, 0.25) is 5.91 Å². The molecule has 0 saturated carbocycles. The first-order chi connectivity index (χ1) is 11.0. The van der Waals surface area contributed by atoms with Crippen LogP contribution in [0.4, 0.5) is 4.79 Å². The molecule has 6 heteroatoms. The van der Waals surface area contributed by atoms with Crippen LogP contribution in [0, 0.1) is 12.8 Å². The Morgan fingerprint density at radius 1 is 1.39 bits per heavy atom. The lowest BCUT2D eigenvalue weighted by atomic mass is 9.98. The zero-order valence-corrected chi connectivity index (χ0v) is 13.8. The summed E-state index contributed by atoms with van der Waals surface area (Å²) in [4.78, 5) is 25.8. The van der Waals surface area contributed by atoms with E-state index in [4.69, 9.17) is 5.73 Å². The molecular weight excluding hydrogens is 292 g/mol. The molecule has 0 aromatic heterocycles. The minimum Gasteiger partial charge on any atom is -0.352 e. The van der Waals surface area contributed by atoms with Crippen molar-refractivity contribution in [2.24, 2.45) is 11.7 Å². The Hall–Kier alpha value is -2.08. The number of aryl methyl sites for hydroxylation is 1. The summed E-state index contributed by atoms with van der Waals surface area (Å²) in [6.45, 7) is 4.44. The summed E-state index contributed by atoms with van der Waals surface area (Å²) >= 11 is 0. The van der Waals surface area contributed by atoms with E-state index in [1.165, 1.54) is 0 Å². The zero-order valence-electron chi connectivity index (χ0n) is 13.8. The number of likely N-dealkylation sites (tertiary alicyclic amines) is 1. The Morgan fingerprint density at radius 2 is 2.13 bits per heavy atom. The first-order valence-electron chi connectivity index (χ1n) is 8.05. The van der Waals surface area contributed by atoms with Crippen molar-refractivity contribution in [2.75, 3.05) is 26.7 Å². The van der Waals surface area contributed by atoms with Gasteiger partial charge in [0.25, 0.3) is 0 Å². The van der Waals surface area contributed by atoms with E-state index in [0.717, 1.165) is 37.2 Å². The van der Waals surface area contributed by atoms with Crippen LogP contribution < -0.4 is 16.4 Å². The maximum atomic E-state index is 12.6. The number of urea groups is 1. The van der Waals surface area contributed by atoms with Gasteiger partial charge in [0.1, 0.15) is 0 Å². The van der Waals surface area contributed by atoms with E-state index in [9.17, 15) is 9.59 Å². The van der Waals surface area contributed by atoms with E-state index in [1.54, 1.807) is 0 Å². The molecule has 1 fully saturated rings. The van der Waals surface area contributed by atoms with Gasteiger partial charge in [-0.1, -0.05) is 24.3 Å². The Labute approximate surface area is 137 Å². The number of nitrogens with one attached hydrogen (secondary N) is 2. The summed E-state index contributed by atoms with van der Waals surface area (Å²) in [5.41, 5.74) is 7.26. The zero-order chi connectivity index (χ0) is 16.8. The summed E-state index contributed by atoms with van der Waals surface area (Å²) < 4.78 is 0. The van der Waals surface area contributed by atoms with Crippen LogP contribution in [0.1, 0.15) is 30.0 Å². The minimum atomic E-state index is -0.611. The maximum Gasteiger partial charge on any atom is 0.312 e. The number of hydrogen-bond donors (Lipinski definition) is 3. The third kappa shape index (κ3) is 4.69. The average molecular weight is 318 g/mol. The number of amides is 3. The molecule has 1 saturated heterocycles. The molecule has 1 aromatic rings. The Morgan fingerprint density at radius 3 is 2.78 bits per heavy atom. The van der Waals surface area contributed by atoms with Gasteiger partial charge in [0, 0.05) is 13.1 Å². The molecule has 126 valence electrons. The third-order valence-corrected chi connectivity index (χ3v) is 4.39. The molecule has 23 heavy (non-hydrogen) atoms. The topological polar surface area (TPSA) is 87.5 Å². The standard InChI is InChI=1S/C17H26N4O2/c1-12-5-3-4-6-14(12)15(20-17(18)23)9-16(22)21-8-7-13(11-21)10-19-2/h3-6,13,15,19H,7-11H2,1-2H3,(H3,18,20,23)/t13-,15-/m0/s1. The second-order valence-corrected chi connectivity index (χ2v) is 6.17. The number of benzene rings is 1. The first kappa shape index (κ1) is 17.3. The highest BCUT2D eigenvalue weighted by atomic mass is 16.2. The fourth-order valence-corrected chi connectivity index (χ4v) is 3.21. The van der Waals surface area contributed by atoms with Crippen molar-refractivity contribution in [1.82, 2.24) is 15.5 Å². The van der Waals surface area contributed by atoms with Crippen LogP contribution in [-0.2, 0) is 4.79 Å². The molecule has 4 N–H and O–H groups in total. The molecule has 6 nitrogen and oxygen atoms in total. The van der Waals surface area contributed by atoms with Crippen LogP contribution in [0.25, 0.3) is 0 Å². The van der Waals surface area contributed by atoms with E-state index in [1.807, 2.05) is 43.1 Å². The van der Waals surface area contributed by atoms with Crippen LogP contribution in [0.2, 0.25) is 0 Å². The van der Waals surface area contributed by atoms with Gasteiger partial charge in [-0.05, 0) is 44.0 Å². The number of carbonyl (C=O) groups excluding carboxylic acids is 2. The first-order valence-corrected chi connectivity index (χ1v) is 8.05. The van der Waals surface area contributed by atoms with Crippen LogP contribution in [0.3, 0.4) is 0 Å². The molecule has 0 aliphatic carbocycles. The summed E-state index contributed by atoms with van der Waals surface area (Å²) in [6.07, 6.45) is 1.25. The van der Waals surface area contributed by atoms with E-state index >= 15 is 0 Å². The summed E-state index contributed by atoms with van der Waals surface area (Å²) in [7, 11) is 1.93. The van der Waals surface area contributed by atoms with Gasteiger partial charge in [-0.25, -0.2) is 4.79 Å². The van der Waals surface area contributed by atoms with E-state index in [-0.39, 0.29) is 18.4 Å². The fraction of sp³-hybridized carbons (Fsp3) is 0.529. The molecule has 1 aliphatic heterocycles. The van der Waals surface area contributed by atoms with Crippen molar-refractivity contribution < 1.29 is 9.59 Å². The molecule has 1 aliphatic rings. The van der Waals surface area contributed by atoms with Gasteiger partial charge >= 0.3 is 6.03 Å². The van der Waals surface area contributed by atoms with E-state index in [0.29, 0.717) is 5.92 Å². The van der Waals surface area contributed by atoms with Crippen molar-refractivity contribution >= 4 is 11.9 Å². The number of carbonyl (C=O) groups is 2. The average Bonchev–Trinajstić information content (AvgIpc) is 2.96. The van der Waals surface area contributed by atoms with Gasteiger partial charge in [-0.2, -0.15) is 0 Å². The van der Waals surface area contributed by atoms with Crippen molar-refractivity contribution in [2.45, 2.75) is 25.8 Å². The SMILES string of the molecule is CNC[C@@H]1CCN(C(=O)C[C@H](NC(N)=O)c2ccccc2C)C1. The highest BCUT2D eigenvalue weighted by Gasteiger charge is 2.28. The number of rotatable bonds is 6. The molecule has 2 atom stereocenters. The molecule has 0 radical (unpaired) electrons. The van der Waals surface area contributed by atoms with Crippen LogP contribution in [0.5, 0.6) is 0 Å². The predicted molar refractivity (Wildman–Crippen MR) is 89.9 cm³/mol. The normalized spacial score (nSPS) is 18.7. The highest BCUT2D eigenvalue weighted by Crippen LogP contribution is 2.23. The van der Waals surface area contributed by atoms with Crippen molar-refractivity contribution in [1.29, 1.82) is 0 Å². The monoisotopic (exact) mass is 318 g/mol. The molecule has 1 aromatic carbocycles. The van der Waals surface area contributed by atoms with Crippen LogP contribution in [0.15, 0.2) is 24.3 Å². The summed E-state index contributed by atoms with van der Waals surface area (Å²) in [5, 5.41) is 5.86. The number of primary amides is 1. The van der Waals surface area contributed by atoms with Crippen LogP contribution >= 0.6 is 0 Å². The Balaban J connectivity index is 2.05. The minimum absolute atomic E-state index is 0.0607. The smallest absolute Gasteiger partial charge is 0.312 e. The molecule has 0 bridgehead atoms. The van der Waals surface area contributed by atoms with Gasteiger partial charge in [0.15, 0.2) is 0 Å². The lowest BCUT2D eigenvalue weighted by molar-refractivity contribution is -0.130. The molecular formula is C17H26N4O2. The highest BCUT2D eigenvalue weighted by molar-refractivity contribution is 5.79. The molecule has 1 heterocycles. The molecule has 0 unspecified atom stereocenters. The van der Waals surface area contributed by atoms with E-state index < -0.39 is 6.03 Å². The van der Waals surface area contributed by atoms with Crippen molar-refractivity contribution in [3.8, 4) is 0 Å². The van der Waals surface area contributed by atoms with Gasteiger partial charge in [-0.3, -0.25) is 4.79 Å². The molecule has 3 amide bonds. The second kappa shape index (κ2) is 7.97. The van der Waals surface area contributed by atoms with Gasteiger partial charge in [0.05, 0.1) is 12.5 Å². The van der Waals surface area contributed by atoms with Crippen molar-refractivity contribution in [3.05, 3.63) is 35.4 Å². The fourth-order valence-electron chi connectivity index (χ4n) is 3.21. The number of nitrogens with zero attached hydrogens (tertiary/aromatic N) is 1. The number of hydrogen-bond acceptors (Lipinski definition) is 3. The third-order valence-electron chi connectivity index (χ3n) is 4.39. The molecule has 0 spiro atoms. The Kier molecular flexibility index (Phi) is 5.98. The predicted octanol–water partition coefficient (Wildman–Crippen LogP) is 1.16. The van der Waals surface area contributed by atoms with Crippen LogP contribution in [-0.4, -0.2) is 43.5 Å². The summed E-state index contributed by atoms with van der Waals surface area (Å²) in [6, 6.07) is 6.74. The van der Waals surface area contributed by atoms with Crippen molar-refractivity contribution in [3.63, 3.8) is 0 Å². The van der Waals surface area contributed by atoms with Gasteiger partial charge in [-0.15, -0.1) is 0 Å². The maximum absolute atomic E-state index is 12.6. The lowest BCUT2D eigenvalue weighted by Gasteiger charge is -2.23. The summed E-state index contributed by atoms with van der Waals surface area (Å²) in [5.74, 6) is 0.565. The Bertz CT molecular complexity index is 561. The number of nitrogens with two attached hydrogens (primary N) is 1.